The van der Waals surface area contributed by atoms with Crippen LogP contribution in [0.25, 0.3) is 0 Å². The zero-order valence-corrected chi connectivity index (χ0v) is 14.3. The smallest absolute Gasteiger partial charge is 0.344 e. The lowest BCUT2D eigenvalue weighted by molar-refractivity contribution is -0.174. The lowest BCUT2D eigenvalue weighted by Gasteiger charge is -2.36. The van der Waals surface area contributed by atoms with Crippen molar-refractivity contribution in [3.05, 3.63) is 35.8 Å². The number of aliphatic hydroxyl groups is 1. The van der Waals surface area contributed by atoms with Gasteiger partial charge in [0.05, 0.1) is 16.1 Å². The molecule has 0 heterocycles. The highest BCUT2D eigenvalue weighted by molar-refractivity contribution is 5.81. The van der Waals surface area contributed by atoms with Crippen LogP contribution in [-0.2, 0) is 15.1 Å². The molecule has 1 aromatic rings. The van der Waals surface area contributed by atoms with Crippen molar-refractivity contribution in [2.24, 2.45) is 5.89 Å². The Morgan fingerprint density at radius 1 is 1.35 bits per heavy atom. The summed E-state index contributed by atoms with van der Waals surface area (Å²) in [5.74, 6) is -3.02. The Balaban J connectivity index is 3.13. The second-order valence-electron chi connectivity index (χ2n) is 4.97. The Bertz CT molecular complexity index is 1320. The molecule has 0 aliphatic heterocycles. The Morgan fingerprint density at radius 2 is 2.00 bits per heavy atom. The van der Waals surface area contributed by atoms with Gasteiger partial charge in [0.2, 0.25) is 0 Å². The fraction of sp³-hybridized carbons (Fsp3) is 0.591. The van der Waals surface area contributed by atoms with E-state index in [4.69, 9.17) is 24.7 Å². The predicted molar refractivity (Wildman–Crippen MR) is 103 cm³/mol. The molecule has 1 aromatic carbocycles. The van der Waals surface area contributed by atoms with Crippen molar-refractivity contribution < 1.29 is 39.3 Å². The van der Waals surface area contributed by atoms with E-state index < -0.39 is 91.7 Å². The summed E-state index contributed by atoms with van der Waals surface area (Å²) in [6, 6.07) is -6.84. The van der Waals surface area contributed by atoms with E-state index in [2.05, 4.69) is 10.7 Å². The molecule has 1 saturated carbocycles. The maximum atomic E-state index is 13.8. The van der Waals surface area contributed by atoms with Gasteiger partial charge in [0, 0.05) is 21.0 Å². The van der Waals surface area contributed by atoms with Gasteiger partial charge in [0.25, 0.3) is 0 Å². The first kappa shape index (κ1) is 6.96. The zero-order valence-electron chi connectivity index (χ0n) is 32.3. The second kappa shape index (κ2) is 10.4. The minimum absolute atomic E-state index is 0.0690. The summed E-state index contributed by atoms with van der Waals surface area (Å²) < 4.78 is 153. The molecule has 0 saturated heterocycles. The van der Waals surface area contributed by atoms with Crippen LogP contribution in [0.15, 0.2) is 30.2 Å². The summed E-state index contributed by atoms with van der Waals surface area (Å²) in [6.07, 6.45) is -21.7. The molecular formula is C22H31NO3. The third-order valence-corrected chi connectivity index (χ3v) is 3.50. The predicted octanol–water partition coefficient (Wildman–Crippen LogP) is 3.34. The molecule has 1 aliphatic carbocycles. The molecular weight excluding hydrogens is 326 g/mol. The fourth-order valence-electron chi connectivity index (χ4n) is 1.97. The van der Waals surface area contributed by atoms with Crippen LogP contribution < -0.4 is 0 Å². The van der Waals surface area contributed by atoms with Gasteiger partial charge in [-0.05, 0) is 31.4 Å². The molecule has 2 rings (SSSR count). The SMILES string of the molecule is [2H]c1c([2H])c([2H])c(C(O)(C(=O)OC([2H])([2H])C#CCN(CC)CC)C2([2H])C([2H])([2H])C([2H])([2H])C([2H])([2H])C([2H])([2H])C2([2H])[2H])c([2H])c1[2H]. The van der Waals surface area contributed by atoms with Crippen LogP contribution in [-0.4, -0.2) is 42.2 Å². The molecule has 0 radical (unpaired) electrons. The number of esters is 1. The first-order valence-electron chi connectivity index (χ1n) is 16.8. The molecule has 0 aromatic heterocycles. The van der Waals surface area contributed by atoms with Gasteiger partial charge < -0.3 is 9.84 Å². The van der Waals surface area contributed by atoms with Crippen molar-refractivity contribution >= 4 is 5.97 Å². The lowest BCUT2D eigenvalue weighted by Crippen LogP contribution is -2.45. The van der Waals surface area contributed by atoms with Crippen molar-refractivity contribution in [1.82, 2.24) is 4.90 Å². The zero-order chi connectivity index (χ0) is 34.9. The Labute approximate surface area is 182 Å². The van der Waals surface area contributed by atoms with Crippen molar-refractivity contribution in [1.29, 1.82) is 0 Å². The Morgan fingerprint density at radius 3 is 2.62 bits per heavy atom. The minimum atomic E-state index is -4.69. The summed E-state index contributed by atoms with van der Waals surface area (Å²) in [4.78, 5) is 15.6. The number of benzene rings is 1. The molecule has 4 nitrogen and oxygen atoms in total. The molecule has 0 spiro atoms. The highest BCUT2D eigenvalue weighted by Gasteiger charge is 2.46. The van der Waals surface area contributed by atoms with Crippen LogP contribution in [0.2, 0.25) is 0 Å². The summed E-state index contributed by atoms with van der Waals surface area (Å²) in [5, 5.41) is 12.1. The average molecular weight is 376 g/mol. The van der Waals surface area contributed by atoms with Crippen molar-refractivity contribution in [2.75, 3.05) is 26.2 Å². The maximum Gasteiger partial charge on any atom is 0.344 e. The molecule has 142 valence electrons. The van der Waals surface area contributed by atoms with E-state index in [1.54, 1.807) is 18.7 Å². The van der Waals surface area contributed by atoms with Crippen LogP contribution in [0.5, 0.6) is 0 Å². The van der Waals surface area contributed by atoms with Gasteiger partial charge in [-0.1, -0.05) is 75.0 Å². The van der Waals surface area contributed by atoms with Gasteiger partial charge in [-0.2, -0.15) is 0 Å². The van der Waals surface area contributed by atoms with Gasteiger partial charge in [0.15, 0.2) is 12.2 Å². The molecule has 4 heteroatoms. The van der Waals surface area contributed by atoms with E-state index in [1.165, 1.54) is 0 Å². The van der Waals surface area contributed by atoms with E-state index >= 15 is 0 Å². The third-order valence-electron chi connectivity index (χ3n) is 3.50. The first-order chi connectivity index (χ1) is 19.5. The third kappa shape index (κ3) is 5.09. The highest BCUT2D eigenvalue weighted by Crippen LogP contribution is 2.40. The first-order valence-corrected chi connectivity index (χ1v) is 7.80. The number of hydrogen-bond acceptors (Lipinski definition) is 4. The number of carbonyl (C=O) groups excluding carboxylic acids is 1. The normalized spacial score (nSPS) is 38.8. The number of rotatable bonds is 7. The molecule has 1 N–H and O–H groups in total. The van der Waals surface area contributed by atoms with Crippen LogP contribution in [0.1, 0.15) is 75.9 Å². The molecule has 0 bridgehead atoms. The van der Waals surface area contributed by atoms with Crippen LogP contribution in [0, 0.1) is 17.7 Å². The molecule has 1 unspecified atom stereocenters. The van der Waals surface area contributed by atoms with Gasteiger partial charge in [-0.25, -0.2) is 4.79 Å². The van der Waals surface area contributed by atoms with E-state index in [0.29, 0.717) is 13.1 Å². The summed E-state index contributed by atoms with van der Waals surface area (Å²) in [6.45, 7) is 0.973. The number of carbonyl (C=O) groups is 1. The molecule has 1 atom stereocenters. The van der Waals surface area contributed by atoms with Crippen LogP contribution in [0.4, 0.5) is 0 Å². The average Bonchev–Trinajstić information content (AvgIpc) is 2.90. The number of nitrogens with zero attached hydrogens (tertiary/aromatic N) is 1. The van der Waals surface area contributed by atoms with E-state index in [1.807, 2.05) is 5.92 Å². The largest absolute Gasteiger partial charge is 0.450 e. The summed E-state index contributed by atoms with van der Waals surface area (Å²) in [5.41, 5.74) is -6.42. The van der Waals surface area contributed by atoms with Crippen molar-refractivity contribution in [2.45, 2.75) is 51.3 Å². The van der Waals surface area contributed by atoms with E-state index in [-0.39, 0.29) is 6.54 Å². The second-order valence-corrected chi connectivity index (χ2v) is 4.97. The minimum Gasteiger partial charge on any atom is -0.450 e. The monoisotopic (exact) mass is 375 g/mol. The van der Waals surface area contributed by atoms with Gasteiger partial charge in [-0.3, -0.25) is 4.90 Å². The molecule has 1 fully saturated rings. The maximum absolute atomic E-state index is 13.8. The summed E-state index contributed by atoms with van der Waals surface area (Å²) in [7, 11) is 0. The van der Waals surface area contributed by atoms with E-state index in [9.17, 15) is 9.90 Å². The van der Waals surface area contributed by atoms with Gasteiger partial charge in [-0.15, -0.1) is 0 Å². The quantitative estimate of drug-likeness (QED) is 0.586. The number of ether oxygens (including phenoxy) is 1. The number of hydrogen-bond donors (Lipinski definition) is 1. The fourth-order valence-corrected chi connectivity index (χ4v) is 1.97. The summed E-state index contributed by atoms with van der Waals surface area (Å²) >= 11 is 0. The molecule has 0 amide bonds. The Kier molecular flexibility index (Phi) is 2.77. The van der Waals surface area contributed by atoms with Crippen molar-refractivity contribution in [3.63, 3.8) is 0 Å². The lowest BCUT2D eigenvalue weighted by atomic mass is 9.73. The van der Waals surface area contributed by atoms with Crippen LogP contribution in [0.3, 0.4) is 0 Å². The van der Waals surface area contributed by atoms with Crippen LogP contribution >= 0.6 is 0 Å². The Hall–Kier alpha value is -1.83. The van der Waals surface area contributed by atoms with Gasteiger partial charge >= 0.3 is 5.97 Å². The molecule has 26 heavy (non-hydrogen) atoms. The topological polar surface area (TPSA) is 49.8 Å². The van der Waals surface area contributed by atoms with Gasteiger partial charge in [0.1, 0.15) is 0 Å². The van der Waals surface area contributed by atoms with E-state index in [0.717, 1.165) is 0 Å². The standard InChI is InChI=1S/C22H31NO3/c1-3-23(4-2)17-11-12-18-26-21(24)22(25,19-13-7-5-8-14-19)20-15-9-6-10-16-20/h5,7-8,13-14,20,25H,3-4,6,9-10,15-18H2,1-2H3/i5D,6D2,7D,8D,9D2,10D2,13D,14D,15D2,16D2,18D2,20D. The molecule has 1 aliphatic rings. The highest BCUT2D eigenvalue weighted by atomic mass is 16.5. The van der Waals surface area contributed by atoms with Crippen molar-refractivity contribution in [3.8, 4) is 11.8 Å².